The minimum atomic E-state index is -0.0934. The summed E-state index contributed by atoms with van der Waals surface area (Å²) in [7, 11) is 0. The van der Waals surface area contributed by atoms with E-state index in [-0.39, 0.29) is 17.7 Å². The smallest absolute Gasteiger partial charge is 0.227 e. The summed E-state index contributed by atoms with van der Waals surface area (Å²) in [6.07, 6.45) is 6.26. The van der Waals surface area contributed by atoms with Crippen molar-refractivity contribution >= 4 is 17.6 Å². The number of nitrogens with zero attached hydrogens (tertiary/aromatic N) is 6. The van der Waals surface area contributed by atoms with Gasteiger partial charge in [0, 0.05) is 57.6 Å². The molecule has 0 radical (unpaired) electrons. The van der Waals surface area contributed by atoms with Gasteiger partial charge in [0.25, 0.3) is 0 Å². The number of piperidine rings is 1. The Morgan fingerprint density at radius 2 is 1.93 bits per heavy atom. The summed E-state index contributed by atoms with van der Waals surface area (Å²) in [6, 6.07) is 1.95. The van der Waals surface area contributed by atoms with Gasteiger partial charge >= 0.3 is 0 Å². The van der Waals surface area contributed by atoms with Crippen molar-refractivity contribution in [2.24, 2.45) is 5.92 Å². The number of aryl methyl sites for hydroxylation is 1. The minimum absolute atomic E-state index is 0.0385. The lowest BCUT2D eigenvalue weighted by molar-refractivity contribution is -0.137. The SMILES string of the molecule is Cc1nccn1-c1cc(N2CCN(C(=O)C3CCC(=O)NC3)CC2)ncn1. The lowest BCUT2D eigenvalue weighted by Gasteiger charge is -2.37. The maximum absolute atomic E-state index is 12.7. The van der Waals surface area contributed by atoms with Gasteiger partial charge in [0.1, 0.15) is 23.8 Å². The number of piperazine rings is 1. The van der Waals surface area contributed by atoms with E-state index in [9.17, 15) is 9.59 Å². The molecular formula is C18H23N7O2. The third kappa shape index (κ3) is 3.62. The van der Waals surface area contributed by atoms with Crippen LogP contribution in [0.4, 0.5) is 5.82 Å². The van der Waals surface area contributed by atoms with Crippen molar-refractivity contribution in [3.63, 3.8) is 0 Å². The van der Waals surface area contributed by atoms with Crippen LogP contribution in [0.15, 0.2) is 24.8 Å². The second kappa shape index (κ2) is 7.34. The summed E-state index contributed by atoms with van der Waals surface area (Å²) in [5.41, 5.74) is 0. The molecule has 2 fully saturated rings. The van der Waals surface area contributed by atoms with E-state index in [2.05, 4.69) is 25.2 Å². The van der Waals surface area contributed by atoms with Crippen molar-refractivity contribution in [3.8, 4) is 5.82 Å². The van der Waals surface area contributed by atoms with E-state index >= 15 is 0 Å². The molecule has 0 spiro atoms. The molecule has 9 heteroatoms. The van der Waals surface area contributed by atoms with Crippen LogP contribution in [0.2, 0.25) is 0 Å². The van der Waals surface area contributed by atoms with Crippen molar-refractivity contribution in [2.45, 2.75) is 19.8 Å². The fourth-order valence-corrected chi connectivity index (χ4v) is 3.62. The Hall–Kier alpha value is -2.97. The fraction of sp³-hybridized carbons (Fsp3) is 0.500. The van der Waals surface area contributed by atoms with Gasteiger partial charge < -0.3 is 15.1 Å². The van der Waals surface area contributed by atoms with Crippen LogP contribution in [0.3, 0.4) is 0 Å². The lowest BCUT2D eigenvalue weighted by atomic mass is 9.97. The summed E-state index contributed by atoms with van der Waals surface area (Å²) >= 11 is 0. The second-order valence-electron chi connectivity index (χ2n) is 6.93. The molecule has 2 aromatic rings. The summed E-state index contributed by atoms with van der Waals surface area (Å²) in [5.74, 6) is 2.60. The molecular weight excluding hydrogens is 346 g/mol. The van der Waals surface area contributed by atoms with E-state index < -0.39 is 0 Å². The first-order chi connectivity index (χ1) is 13.1. The quantitative estimate of drug-likeness (QED) is 0.827. The molecule has 0 aliphatic carbocycles. The molecule has 0 saturated carbocycles. The first-order valence-electron chi connectivity index (χ1n) is 9.24. The number of carbonyl (C=O) groups is 2. The number of aromatic nitrogens is 4. The number of amides is 2. The fourth-order valence-electron chi connectivity index (χ4n) is 3.62. The number of carbonyl (C=O) groups excluding carboxylic acids is 2. The molecule has 4 heterocycles. The van der Waals surface area contributed by atoms with Gasteiger partial charge in [-0.25, -0.2) is 15.0 Å². The Kier molecular flexibility index (Phi) is 4.74. The van der Waals surface area contributed by atoms with E-state index in [1.54, 1.807) is 12.5 Å². The van der Waals surface area contributed by atoms with Crippen LogP contribution in [0, 0.1) is 12.8 Å². The van der Waals surface area contributed by atoms with E-state index in [1.165, 1.54) is 0 Å². The van der Waals surface area contributed by atoms with Crippen LogP contribution in [-0.4, -0.2) is 69.0 Å². The average molecular weight is 369 g/mol. The van der Waals surface area contributed by atoms with Crippen LogP contribution < -0.4 is 10.2 Å². The molecule has 0 bridgehead atoms. The zero-order valence-corrected chi connectivity index (χ0v) is 15.3. The van der Waals surface area contributed by atoms with Crippen molar-refractivity contribution in [2.75, 3.05) is 37.6 Å². The molecule has 1 unspecified atom stereocenters. The van der Waals surface area contributed by atoms with Crippen molar-refractivity contribution in [3.05, 3.63) is 30.6 Å². The minimum Gasteiger partial charge on any atom is -0.355 e. The summed E-state index contributed by atoms with van der Waals surface area (Å²) in [5, 5.41) is 2.79. The number of anilines is 1. The Morgan fingerprint density at radius 1 is 1.15 bits per heavy atom. The predicted octanol–water partition coefficient (Wildman–Crippen LogP) is 0.146. The number of hydrogen-bond donors (Lipinski definition) is 1. The average Bonchev–Trinajstić information content (AvgIpc) is 3.14. The molecule has 2 aromatic heterocycles. The largest absolute Gasteiger partial charge is 0.355 e. The van der Waals surface area contributed by atoms with Crippen LogP contribution >= 0.6 is 0 Å². The van der Waals surface area contributed by atoms with Gasteiger partial charge in [-0.05, 0) is 13.3 Å². The molecule has 1 atom stereocenters. The van der Waals surface area contributed by atoms with Crippen molar-refractivity contribution in [1.82, 2.24) is 29.7 Å². The lowest BCUT2D eigenvalue weighted by Crippen LogP contribution is -2.52. The third-order valence-electron chi connectivity index (χ3n) is 5.24. The van der Waals surface area contributed by atoms with Gasteiger partial charge in [0.15, 0.2) is 0 Å². The van der Waals surface area contributed by atoms with Crippen molar-refractivity contribution < 1.29 is 9.59 Å². The Labute approximate surface area is 157 Å². The van der Waals surface area contributed by atoms with E-state index in [0.29, 0.717) is 32.5 Å². The van der Waals surface area contributed by atoms with Crippen LogP contribution in [-0.2, 0) is 9.59 Å². The van der Waals surface area contributed by atoms with E-state index in [4.69, 9.17) is 0 Å². The van der Waals surface area contributed by atoms with Crippen LogP contribution in [0.5, 0.6) is 0 Å². The van der Waals surface area contributed by atoms with Crippen molar-refractivity contribution in [1.29, 1.82) is 0 Å². The Balaban J connectivity index is 1.39. The number of hydrogen-bond acceptors (Lipinski definition) is 6. The number of imidazole rings is 1. The highest BCUT2D eigenvalue weighted by molar-refractivity contribution is 5.84. The summed E-state index contributed by atoms with van der Waals surface area (Å²) in [4.78, 5) is 41.0. The molecule has 4 rings (SSSR count). The van der Waals surface area contributed by atoms with Gasteiger partial charge in [0.2, 0.25) is 11.8 Å². The molecule has 9 nitrogen and oxygen atoms in total. The topological polar surface area (TPSA) is 96.2 Å². The van der Waals surface area contributed by atoms with Gasteiger partial charge in [-0.3, -0.25) is 14.2 Å². The first kappa shape index (κ1) is 17.4. The molecule has 1 N–H and O–H groups in total. The van der Waals surface area contributed by atoms with Gasteiger partial charge in [-0.1, -0.05) is 0 Å². The second-order valence-corrected chi connectivity index (χ2v) is 6.93. The number of nitrogens with one attached hydrogen (secondary N) is 1. The molecule has 142 valence electrons. The standard InChI is InChI=1S/C18H23N7O2/c1-13-19-4-5-25(13)16-10-15(21-12-22-16)23-6-8-24(9-7-23)18(27)14-2-3-17(26)20-11-14/h4-5,10,12,14H,2-3,6-9,11H2,1H3,(H,20,26). The summed E-state index contributed by atoms with van der Waals surface area (Å²) in [6.45, 7) is 5.16. The maximum Gasteiger partial charge on any atom is 0.227 e. The zero-order chi connectivity index (χ0) is 18.8. The van der Waals surface area contributed by atoms with Gasteiger partial charge in [-0.15, -0.1) is 0 Å². The normalized spacial score (nSPS) is 20.5. The Bertz CT molecular complexity index is 832. The summed E-state index contributed by atoms with van der Waals surface area (Å²) < 4.78 is 1.92. The maximum atomic E-state index is 12.7. The monoisotopic (exact) mass is 369 g/mol. The third-order valence-corrected chi connectivity index (χ3v) is 5.24. The molecule has 2 saturated heterocycles. The molecule has 0 aromatic carbocycles. The van der Waals surface area contributed by atoms with E-state index in [1.807, 2.05) is 28.7 Å². The van der Waals surface area contributed by atoms with Crippen LogP contribution in [0.1, 0.15) is 18.7 Å². The van der Waals surface area contributed by atoms with E-state index in [0.717, 1.165) is 30.5 Å². The first-order valence-corrected chi connectivity index (χ1v) is 9.24. The van der Waals surface area contributed by atoms with Gasteiger partial charge in [-0.2, -0.15) is 0 Å². The highest BCUT2D eigenvalue weighted by Gasteiger charge is 2.30. The van der Waals surface area contributed by atoms with Gasteiger partial charge in [0.05, 0.1) is 5.92 Å². The zero-order valence-electron chi connectivity index (χ0n) is 15.3. The molecule has 2 amide bonds. The molecule has 2 aliphatic heterocycles. The molecule has 2 aliphatic rings. The Morgan fingerprint density at radius 3 is 2.59 bits per heavy atom. The predicted molar refractivity (Wildman–Crippen MR) is 98.4 cm³/mol. The highest BCUT2D eigenvalue weighted by Crippen LogP contribution is 2.19. The number of rotatable bonds is 3. The highest BCUT2D eigenvalue weighted by atomic mass is 16.2. The molecule has 27 heavy (non-hydrogen) atoms. The van der Waals surface area contributed by atoms with Crippen LogP contribution in [0.25, 0.3) is 5.82 Å².